The Hall–Kier alpha value is -1.85. The highest BCUT2D eigenvalue weighted by Crippen LogP contribution is 2.24. The lowest BCUT2D eigenvalue weighted by Gasteiger charge is -2.20. The van der Waals surface area contributed by atoms with Gasteiger partial charge in [-0.3, -0.25) is 0 Å². The molecule has 16 heavy (non-hydrogen) atoms. The van der Waals surface area contributed by atoms with E-state index < -0.39 is 0 Å². The van der Waals surface area contributed by atoms with Crippen LogP contribution in [0.4, 0.5) is 0 Å². The van der Waals surface area contributed by atoms with Crippen molar-refractivity contribution in [3.8, 4) is 5.82 Å². The van der Waals surface area contributed by atoms with Gasteiger partial charge in [-0.1, -0.05) is 20.8 Å². The van der Waals surface area contributed by atoms with Crippen molar-refractivity contribution in [1.29, 1.82) is 0 Å². The molecule has 0 aromatic carbocycles. The number of rotatable bonds is 3. The van der Waals surface area contributed by atoms with Gasteiger partial charge in [0.15, 0.2) is 5.82 Å². The summed E-state index contributed by atoms with van der Waals surface area (Å²) in [6.07, 6.45) is 2.51. The molecule has 0 N–H and O–H groups in total. The fourth-order valence-corrected chi connectivity index (χ4v) is 1.26. The highest BCUT2D eigenvalue weighted by atomic mass is 15.5. The van der Waals surface area contributed by atoms with Gasteiger partial charge in [-0.05, 0) is 29.0 Å². The van der Waals surface area contributed by atoms with Gasteiger partial charge in [-0.2, -0.15) is 9.78 Å². The van der Waals surface area contributed by atoms with Crippen LogP contribution >= 0.6 is 0 Å². The first-order valence-electron chi connectivity index (χ1n) is 5.21. The maximum atomic E-state index is 4.21. The van der Waals surface area contributed by atoms with Gasteiger partial charge in [0.25, 0.3) is 0 Å². The van der Waals surface area contributed by atoms with Crippen LogP contribution in [0.3, 0.4) is 0 Å². The molecule has 2 aromatic heterocycles. The molecule has 0 saturated heterocycles. The van der Waals surface area contributed by atoms with Crippen LogP contribution < -0.4 is 0 Å². The predicted molar refractivity (Wildman–Crippen MR) is 58.1 cm³/mol. The van der Waals surface area contributed by atoms with Crippen LogP contribution in [-0.4, -0.2) is 30.4 Å². The molecule has 0 amide bonds. The normalized spacial score (nSPS) is 11.7. The van der Waals surface area contributed by atoms with Crippen molar-refractivity contribution >= 4 is 0 Å². The van der Waals surface area contributed by atoms with Crippen molar-refractivity contribution in [3.05, 3.63) is 24.2 Å². The van der Waals surface area contributed by atoms with Gasteiger partial charge in [-0.25, -0.2) is 0 Å². The molecule has 0 radical (unpaired) electrons. The number of hydrogen-bond donors (Lipinski definition) is 0. The summed E-state index contributed by atoms with van der Waals surface area (Å²) in [5.74, 6) is 0.626. The van der Waals surface area contributed by atoms with E-state index in [0.717, 1.165) is 12.1 Å². The summed E-state index contributed by atoms with van der Waals surface area (Å²) in [6.45, 7) is 6.43. The second-order valence-corrected chi connectivity index (χ2v) is 4.27. The lowest BCUT2D eigenvalue weighted by Crippen LogP contribution is -2.18. The van der Waals surface area contributed by atoms with Crippen LogP contribution in [0.15, 0.2) is 18.5 Å². The Kier molecular flexibility index (Phi) is 2.64. The topological polar surface area (TPSA) is 69.4 Å². The van der Waals surface area contributed by atoms with Gasteiger partial charge in [0.05, 0.1) is 5.69 Å². The standard InChI is InChI=1S/C10H14N6/c1-4-10(2,3)8-5-6-9(13-12-8)16-7-11-14-15-16/h5-7H,4H2,1-3H3. The zero-order valence-electron chi connectivity index (χ0n) is 9.62. The molecular weight excluding hydrogens is 204 g/mol. The van der Waals surface area contributed by atoms with Crippen LogP contribution in [-0.2, 0) is 5.41 Å². The van der Waals surface area contributed by atoms with Crippen molar-refractivity contribution < 1.29 is 0 Å². The van der Waals surface area contributed by atoms with Gasteiger partial charge in [0.2, 0.25) is 0 Å². The molecular formula is C10H14N6. The number of aromatic nitrogens is 6. The lowest BCUT2D eigenvalue weighted by atomic mass is 9.86. The SMILES string of the molecule is CCC(C)(C)c1ccc(-n2cnnn2)nn1. The van der Waals surface area contributed by atoms with Crippen LogP contribution in [0.1, 0.15) is 32.9 Å². The molecule has 0 fully saturated rings. The molecule has 0 spiro atoms. The minimum atomic E-state index is 0.0478. The molecule has 0 aliphatic carbocycles. The summed E-state index contributed by atoms with van der Waals surface area (Å²) in [4.78, 5) is 0. The third-order valence-corrected chi connectivity index (χ3v) is 2.81. The fourth-order valence-electron chi connectivity index (χ4n) is 1.26. The minimum absolute atomic E-state index is 0.0478. The maximum absolute atomic E-state index is 4.21. The van der Waals surface area contributed by atoms with Gasteiger partial charge in [0, 0.05) is 5.41 Å². The molecule has 6 heteroatoms. The number of tetrazole rings is 1. The van der Waals surface area contributed by atoms with Gasteiger partial charge < -0.3 is 0 Å². The summed E-state index contributed by atoms with van der Waals surface area (Å²) >= 11 is 0. The van der Waals surface area contributed by atoms with Crippen LogP contribution in [0.25, 0.3) is 5.82 Å². The number of nitrogens with zero attached hydrogens (tertiary/aromatic N) is 6. The Balaban J connectivity index is 2.30. The first-order chi connectivity index (χ1) is 7.63. The van der Waals surface area contributed by atoms with E-state index in [-0.39, 0.29) is 5.41 Å². The largest absolute Gasteiger partial charge is 0.180 e. The quantitative estimate of drug-likeness (QED) is 0.772. The fraction of sp³-hybridized carbons (Fsp3) is 0.500. The Morgan fingerprint density at radius 1 is 1.25 bits per heavy atom. The van der Waals surface area contributed by atoms with Crippen molar-refractivity contribution in [2.75, 3.05) is 0 Å². The highest BCUT2D eigenvalue weighted by molar-refractivity contribution is 5.22. The van der Waals surface area contributed by atoms with Crippen molar-refractivity contribution in [3.63, 3.8) is 0 Å². The minimum Gasteiger partial charge on any atom is -0.180 e. The molecule has 0 unspecified atom stereocenters. The molecule has 6 nitrogen and oxygen atoms in total. The van der Waals surface area contributed by atoms with Crippen molar-refractivity contribution in [2.24, 2.45) is 0 Å². The Bertz CT molecular complexity index is 445. The van der Waals surface area contributed by atoms with E-state index in [0.29, 0.717) is 5.82 Å². The summed E-state index contributed by atoms with van der Waals surface area (Å²) in [5, 5.41) is 19.2. The van der Waals surface area contributed by atoms with E-state index in [1.54, 1.807) is 0 Å². The monoisotopic (exact) mass is 218 g/mol. The van der Waals surface area contributed by atoms with Gasteiger partial charge in [0.1, 0.15) is 6.33 Å². The van der Waals surface area contributed by atoms with Crippen LogP contribution in [0, 0.1) is 0 Å². The van der Waals surface area contributed by atoms with E-state index in [2.05, 4.69) is 46.5 Å². The van der Waals surface area contributed by atoms with Crippen molar-refractivity contribution in [2.45, 2.75) is 32.6 Å². The van der Waals surface area contributed by atoms with Gasteiger partial charge >= 0.3 is 0 Å². The summed E-state index contributed by atoms with van der Waals surface area (Å²) in [5.41, 5.74) is 1.03. The van der Waals surface area contributed by atoms with Crippen LogP contribution in [0.5, 0.6) is 0 Å². The Morgan fingerprint density at radius 3 is 2.56 bits per heavy atom. The smallest absolute Gasteiger partial charge is 0.179 e. The second-order valence-electron chi connectivity index (χ2n) is 4.27. The second kappa shape index (κ2) is 3.96. The Morgan fingerprint density at radius 2 is 2.06 bits per heavy atom. The van der Waals surface area contributed by atoms with Crippen molar-refractivity contribution in [1.82, 2.24) is 30.4 Å². The molecule has 0 saturated carbocycles. The average Bonchev–Trinajstić information content (AvgIpc) is 2.83. The zero-order chi connectivity index (χ0) is 11.6. The average molecular weight is 218 g/mol. The van der Waals surface area contributed by atoms with E-state index in [4.69, 9.17) is 0 Å². The lowest BCUT2D eigenvalue weighted by molar-refractivity contribution is 0.482. The molecule has 0 aliphatic heterocycles. The van der Waals surface area contributed by atoms with E-state index in [1.807, 2.05) is 12.1 Å². The highest BCUT2D eigenvalue weighted by Gasteiger charge is 2.20. The van der Waals surface area contributed by atoms with E-state index >= 15 is 0 Å². The third-order valence-electron chi connectivity index (χ3n) is 2.81. The predicted octanol–water partition coefficient (Wildman–Crippen LogP) is 1.14. The first-order valence-corrected chi connectivity index (χ1v) is 5.21. The summed E-state index contributed by atoms with van der Waals surface area (Å²) < 4.78 is 1.48. The number of hydrogen-bond acceptors (Lipinski definition) is 5. The summed E-state index contributed by atoms with van der Waals surface area (Å²) in [6, 6.07) is 3.84. The molecule has 0 atom stereocenters. The Labute approximate surface area is 93.7 Å². The molecule has 84 valence electrons. The third kappa shape index (κ3) is 1.91. The first kappa shape index (κ1) is 10.7. The van der Waals surface area contributed by atoms with E-state index in [1.165, 1.54) is 11.0 Å². The molecule has 2 aromatic rings. The molecule has 0 bridgehead atoms. The summed E-state index contributed by atoms with van der Waals surface area (Å²) in [7, 11) is 0. The maximum Gasteiger partial charge on any atom is 0.179 e. The van der Waals surface area contributed by atoms with Gasteiger partial charge in [-0.15, -0.1) is 10.2 Å². The zero-order valence-corrected chi connectivity index (χ0v) is 9.62. The van der Waals surface area contributed by atoms with E-state index in [9.17, 15) is 0 Å². The molecule has 0 aliphatic rings. The molecule has 2 rings (SSSR count). The molecule has 2 heterocycles. The van der Waals surface area contributed by atoms with Crippen LogP contribution in [0.2, 0.25) is 0 Å².